The van der Waals surface area contributed by atoms with Crippen molar-refractivity contribution in [3.05, 3.63) is 12.2 Å². The molecule has 0 radical (unpaired) electrons. The second kappa shape index (κ2) is 11.8. The molecule has 0 saturated carbocycles. The molecular formula is C15H7F21O7. The molecule has 0 rings (SSSR count). The van der Waals surface area contributed by atoms with E-state index in [9.17, 15) is 97.0 Å². The van der Waals surface area contributed by atoms with Crippen LogP contribution in [0.15, 0.2) is 12.2 Å². The largest absolute Gasteiger partial charge is 0.527 e. The van der Waals surface area contributed by atoms with Crippen LogP contribution in [0.2, 0.25) is 0 Å². The standard InChI is InChI=1S/C15H7F21O7/c1-4(5(37)38)2-3-6(16,17)39-7(18,19)8(20,21)40-9(22,23)10(24,25)41-11(26,27)12(28,29)42-13(30,31)14(32,33)43-15(34,35)36/h1-3H2,(H,37,38). The van der Waals surface area contributed by atoms with E-state index in [1.165, 1.54) is 18.9 Å². The van der Waals surface area contributed by atoms with Gasteiger partial charge in [-0.05, 0) is 6.42 Å². The lowest BCUT2D eigenvalue weighted by Gasteiger charge is -2.36. The fourth-order valence-electron chi connectivity index (χ4n) is 1.75. The Balaban J connectivity index is 6.01. The van der Waals surface area contributed by atoms with Gasteiger partial charge in [-0.2, -0.15) is 79.0 Å². The summed E-state index contributed by atoms with van der Waals surface area (Å²) < 4.78 is 280. The molecule has 0 aromatic carbocycles. The van der Waals surface area contributed by atoms with Crippen LogP contribution in [0.3, 0.4) is 0 Å². The lowest BCUT2D eigenvalue weighted by atomic mass is 10.1. The van der Waals surface area contributed by atoms with Gasteiger partial charge in [0.1, 0.15) is 0 Å². The molecule has 0 atom stereocenters. The molecule has 43 heavy (non-hydrogen) atoms. The zero-order chi connectivity index (χ0) is 35.1. The number of carboxylic acids is 1. The van der Waals surface area contributed by atoms with Gasteiger partial charge < -0.3 is 5.11 Å². The van der Waals surface area contributed by atoms with E-state index in [-0.39, 0.29) is 0 Å². The molecule has 28 heteroatoms. The Kier molecular flexibility index (Phi) is 11.1. The van der Waals surface area contributed by atoms with Crippen LogP contribution in [0.5, 0.6) is 0 Å². The molecule has 0 aliphatic rings. The molecule has 0 amide bonds. The molecule has 0 unspecified atom stereocenters. The Hall–Kier alpha value is -2.46. The van der Waals surface area contributed by atoms with Crippen molar-refractivity contribution in [2.24, 2.45) is 0 Å². The second-order valence-corrected chi connectivity index (χ2v) is 7.14. The van der Waals surface area contributed by atoms with Crippen LogP contribution < -0.4 is 0 Å². The van der Waals surface area contributed by atoms with Crippen LogP contribution in [0.1, 0.15) is 12.8 Å². The zero-order valence-corrected chi connectivity index (χ0v) is 19.0. The van der Waals surface area contributed by atoms with Crippen LogP contribution >= 0.6 is 0 Å². The van der Waals surface area contributed by atoms with Crippen LogP contribution in [0.25, 0.3) is 0 Å². The van der Waals surface area contributed by atoms with Crippen molar-refractivity contribution >= 4 is 5.97 Å². The number of aliphatic carboxylic acids is 1. The number of carboxylic acid groups (broad SMARTS) is 1. The highest BCUT2D eigenvalue weighted by molar-refractivity contribution is 5.85. The fourth-order valence-corrected chi connectivity index (χ4v) is 1.75. The fraction of sp³-hybridized carbons (Fsp3) is 0.800. The topological polar surface area (TPSA) is 83.5 Å². The first-order valence-electron chi connectivity index (χ1n) is 9.25. The van der Waals surface area contributed by atoms with E-state index < -0.39 is 85.7 Å². The van der Waals surface area contributed by atoms with Crippen molar-refractivity contribution in [1.82, 2.24) is 0 Å². The summed E-state index contributed by atoms with van der Waals surface area (Å²) in [4.78, 5) is 10.4. The Morgan fingerprint density at radius 1 is 0.465 bits per heavy atom. The summed E-state index contributed by atoms with van der Waals surface area (Å²) in [6.07, 6.45) is -77.9. The number of rotatable bonds is 17. The van der Waals surface area contributed by atoms with Gasteiger partial charge in [-0.15, -0.1) is 13.2 Å². The monoisotopic (exact) mass is 698 g/mol. The third-order valence-corrected chi connectivity index (χ3v) is 3.67. The third-order valence-electron chi connectivity index (χ3n) is 3.67. The van der Waals surface area contributed by atoms with Crippen LogP contribution in [-0.2, 0) is 28.5 Å². The number of alkyl halides is 21. The maximum Gasteiger partial charge on any atom is 0.527 e. The van der Waals surface area contributed by atoms with Crippen LogP contribution in [0.4, 0.5) is 92.2 Å². The molecule has 0 aliphatic carbocycles. The summed E-state index contributed by atoms with van der Waals surface area (Å²) in [6.45, 7) is 2.57. The first kappa shape index (κ1) is 40.5. The molecular weight excluding hydrogens is 691 g/mol. The highest BCUT2D eigenvalue weighted by atomic mass is 19.4. The summed E-state index contributed by atoms with van der Waals surface area (Å²) in [5.74, 6) is -2.07. The first-order chi connectivity index (χ1) is 18.4. The predicted octanol–water partition coefficient (Wildman–Crippen LogP) is 7.35. The van der Waals surface area contributed by atoms with E-state index in [1.807, 2.05) is 0 Å². The van der Waals surface area contributed by atoms with Gasteiger partial charge in [0.25, 0.3) is 0 Å². The average Bonchev–Trinajstić information content (AvgIpc) is 2.66. The minimum absolute atomic E-state index is 1.23. The zero-order valence-electron chi connectivity index (χ0n) is 19.0. The Bertz CT molecular complexity index is 1010. The average molecular weight is 698 g/mol. The SMILES string of the molecule is C=C(CCC(F)(F)OC(F)(F)C(F)(F)OC(F)(F)C(F)(F)OC(F)(F)C(F)(F)OC(F)(F)C(F)(F)OC(F)(F)F)C(=O)O. The number of carbonyl (C=O) groups is 1. The molecule has 0 aromatic heterocycles. The van der Waals surface area contributed by atoms with Crippen LogP contribution in [0, 0.1) is 0 Å². The van der Waals surface area contributed by atoms with Gasteiger partial charge in [0.2, 0.25) is 0 Å². The van der Waals surface area contributed by atoms with Gasteiger partial charge >= 0.3 is 67.3 Å². The maximum absolute atomic E-state index is 13.4. The molecule has 0 heterocycles. The Morgan fingerprint density at radius 2 is 0.698 bits per heavy atom. The van der Waals surface area contributed by atoms with E-state index in [4.69, 9.17) is 5.11 Å². The summed E-state index contributed by atoms with van der Waals surface area (Å²) >= 11 is 0. The van der Waals surface area contributed by atoms with Crippen molar-refractivity contribution < 1.29 is 126 Å². The lowest BCUT2D eigenvalue weighted by molar-refractivity contribution is -0.589. The highest BCUT2D eigenvalue weighted by Crippen LogP contribution is 2.52. The van der Waals surface area contributed by atoms with Crippen molar-refractivity contribution in [1.29, 1.82) is 0 Å². The smallest absolute Gasteiger partial charge is 0.478 e. The minimum Gasteiger partial charge on any atom is -0.478 e. The first-order valence-corrected chi connectivity index (χ1v) is 9.25. The van der Waals surface area contributed by atoms with Gasteiger partial charge in [0.05, 0.1) is 0 Å². The van der Waals surface area contributed by atoms with E-state index in [0.29, 0.717) is 0 Å². The Morgan fingerprint density at radius 3 is 0.930 bits per heavy atom. The summed E-state index contributed by atoms with van der Waals surface area (Å²) in [6, 6.07) is 0. The maximum atomic E-state index is 13.4. The molecule has 1 N–H and O–H groups in total. The second-order valence-electron chi connectivity index (χ2n) is 7.14. The summed E-state index contributed by atoms with van der Waals surface area (Å²) in [7, 11) is 0. The summed E-state index contributed by atoms with van der Waals surface area (Å²) in [5, 5.41) is 8.34. The molecule has 0 aromatic rings. The molecule has 0 spiro atoms. The van der Waals surface area contributed by atoms with E-state index in [0.717, 1.165) is 0 Å². The third kappa shape index (κ3) is 10.3. The van der Waals surface area contributed by atoms with Gasteiger partial charge in [-0.1, -0.05) is 6.58 Å². The minimum atomic E-state index is -7.94. The molecule has 256 valence electrons. The van der Waals surface area contributed by atoms with E-state index in [2.05, 4.69) is 11.3 Å². The lowest BCUT2D eigenvalue weighted by Crippen LogP contribution is -2.61. The van der Waals surface area contributed by atoms with Crippen LogP contribution in [-0.4, -0.2) is 72.4 Å². The highest BCUT2D eigenvalue weighted by Gasteiger charge is 2.78. The van der Waals surface area contributed by atoms with Gasteiger partial charge in [0, 0.05) is 12.0 Å². The van der Waals surface area contributed by atoms with Gasteiger partial charge in [0.15, 0.2) is 0 Å². The number of ether oxygens (including phenoxy) is 5. The number of halogens is 21. The number of hydrogen-bond acceptors (Lipinski definition) is 6. The van der Waals surface area contributed by atoms with E-state index in [1.54, 1.807) is 0 Å². The molecule has 7 nitrogen and oxygen atoms in total. The molecule has 0 bridgehead atoms. The van der Waals surface area contributed by atoms with Gasteiger partial charge in [-0.25, -0.2) is 28.5 Å². The molecule has 0 fully saturated rings. The van der Waals surface area contributed by atoms with Crippen molar-refractivity contribution in [2.75, 3.05) is 0 Å². The quantitative estimate of drug-likeness (QED) is 0.126. The van der Waals surface area contributed by atoms with Crippen molar-refractivity contribution in [3.63, 3.8) is 0 Å². The Labute approximate surface area is 219 Å². The molecule has 0 aliphatic heterocycles. The number of hydrogen-bond donors (Lipinski definition) is 1. The van der Waals surface area contributed by atoms with Crippen molar-refractivity contribution in [3.8, 4) is 0 Å². The van der Waals surface area contributed by atoms with E-state index >= 15 is 0 Å². The summed E-state index contributed by atoms with van der Waals surface area (Å²) in [5.41, 5.74) is -1.23. The van der Waals surface area contributed by atoms with Crippen molar-refractivity contribution in [2.45, 2.75) is 74.2 Å². The molecule has 0 saturated heterocycles. The van der Waals surface area contributed by atoms with Gasteiger partial charge in [-0.3, -0.25) is 0 Å². The predicted molar refractivity (Wildman–Crippen MR) is 82.0 cm³/mol. The normalized spacial score (nSPS) is 15.6.